The van der Waals surface area contributed by atoms with Crippen LogP contribution in [0, 0.1) is 0 Å². The second-order valence-corrected chi connectivity index (χ2v) is 5.99. The van der Waals surface area contributed by atoms with Crippen LogP contribution in [0.1, 0.15) is 29.3 Å². The van der Waals surface area contributed by atoms with Crippen LogP contribution in [0.5, 0.6) is 0 Å². The van der Waals surface area contributed by atoms with Crippen molar-refractivity contribution in [2.75, 3.05) is 11.8 Å². The van der Waals surface area contributed by atoms with Crippen LogP contribution in [0.25, 0.3) is 0 Å². The number of carbonyl (C=O) groups is 1. The molecule has 8 heteroatoms. The van der Waals surface area contributed by atoms with Gasteiger partial charge in [-0.1, -0.05) is 22.9 Å². The molecule has 0 aliphatic carbocycles. The number of carbonyl (C=O) groups excluding carboxylic acids is 1. The largest absolute Gasteiger partial charge is 0.417 e. The van der Waals surface area contributed by atoms with Crippen molar-refractivity contribution in [2.45, 2.75) is 25.1 Å². The van der Waals surface area contributed by atoms with E-state index in [1.165, 1.54) is 6.07 Å². The van der Waals surface area contributed by atoms with Crippen LogP contribution in [0.3, 0.4) is 0 Å². The number of rotatable bonds is 5. The highest BCUT2D eigenvalue weighted by Gasteiger charge is 2.37. The highest BCUT2D eigenvalue weighted by atomic mass is 79.9. The van der Waals surface area contributed by atoms with E-state index in [1.807, 2.05) is 0 Å². The van der Waals surface area contributed by atoms with Crippen molar-refractivity contribution in [3.8, 4) is 0 Å². The Morgan fingerprint density at radius 3 is 2.29 bits per heavy atom. The third-order valence-electron chi connectivity index (χ3n) is 3.10. The number of alkyl halides is 5. The molecule has 1 N–H and O–H groups in total. The van der Waals surface area contributed by atoms with E-state index in [-0.39, 0.29) is 16.2 Å². The Morgan fingerprint density at radius 1 is 1.29 bits per heavy atom. The Labute approximate surface area is 139 Å². The van der Waals surface area contributed by atoms with Gasteiger partial charge in [-0.05, 0) is 24.6 Å². The molecule has 1 amide bonds. The summed E-state index contributed by atoms with van der Waals surface area (Å²) < 4.78 is 39.3. The highest BCUT2D eigenvalue weighted by Crippen LogP contribution is 2.34. The van der Waals surface area contributed by atoms with Crippen molar-refractivity contribution in [3.63, 3.8) is 0 Å². The number of amides is 1. The van der Waals surface area contributed by atoms with Crippen molar-refractivity contribution in [3.05, 3.63) is 33.8 Å². The molecule has 2 nitrogen and oxygen atoms in total. The minimum Gasteiger partial charge on any atom is -0.344 e. The van der Waals surface area contributed by atoms with Crippen molar-refractivity contribution in [2.24, 2.45) is 0 Å². The molecule has 21 heavy (non-hydrogen) atoms. The summed E-state index contributed by atoms with van der Waals surface area (Å²) in [5.74, 6) is -0.828. The third kappa shape index (κ3) is 4.50. The van der Waals surface area contributed by atoms with Crippen molar-refractivity contribution in [1.82, 2.24) is 5.32 Å². The molecule has 0 radical (unpaired) electrons. The van der Waals surface area contributed by atoms with Crippen molar-refractivity contribution < 1.29 is 18.0 Å². The summed E-state index contributed by atoms with van der Waals surface area (Å²) in [6.45, 7) is 1.75. The van der Waals surface area contributed by atoms with Gasteiger partial charge in [-0.25, -0.2) is 0 Å². The van der Waals surface area contributed by atoms with E-state index >= 15 is 0 Å². The first-order valence-corrected chi connectivity index (χ1v) is 7.86. The van der Waals surface area contributed by atoms with Gasteiger partial charge in [0.1, 0.15) is 0 Å². The lowest BCUT2D eigenvalue weighted by Gasteiger charge is -2.30. The van der Waals surface area contributed by atoms with Gasteiger partial charge in [-0.2, -0.15) is 13.2 Å². The first-order valence-electron chi connectivity index (χ1n) is 6.00. The molecule has 0 fully saturated rings. The molecular weight excluding hydrogens is 394 g/mol. The molecule has 0 bridgehead atoms. The first-order chi connectivity index (χ1) is 9.69. The second kappa shape index (κ2) is 7.20. The molecule has 0 aliphatic heterocycles. The molecule has 1 rings (SSSR count). The number of halogens is 6. The SMILES string of the molecule is CCC(CCl)(CCl)NC(=O)c1ccc(Br)cc1C(F)(F)F. The maximum absolute atomic E-state index is 13.0. The monoisotopic (exact) mass is 405 g/mol. The van der Waals surface area contributed by atoms with Crippen molar-refractivity contribution >= 4 is 45.0 Å². The summed E-state index contributed by atoms with van der Waals surface area (Å²) >= 11 is 14.5. The fraction of sp³-hybridized carbons (Fsp3) is 0.462. The molecular formula is C13H13BrCl2F3NO. The summed E-state index contributed by atoms with van der Waals surface area (Å²) in [7, 11) is 0. The lowest BCUT2D eigenvalue weighted by atomic mass is 9.99. The second-order valence-electron chi connectivity index (χ2n) is 4.54. The summed E-state index contributed by atoms with van der Waals surface area (Å²) in [4.78, 5) is 12.2. The molecule has 0 aliphatic rings. The minimum absolute atomic E-state index is 0.0105. The number of hydrogen-bond donors (Lipinski definition) is 1. The summed E-state index contributed by atoms with van der Waals surface area (Å²) in [5.41, 5.74) is -2.40. The molecule has 1 aromatic carbocycles. The summed E-state index contributed by atoms with van der Waals surface area (Å²) in [5, 5.41) is 2.51. The maximum Gasteiger partial charge on any atom is 0.417 e. The zero-order valence-electron chi connectivity index (χ0n) is 11.0. The Hall–Kier alpha value is -0.460. The van der Waals surface area contributed by atoms with Crippen molar-refractivity contribution in [1.29, 1.82) is 0 Å². The smallest absolute Gasteiger partial charge is 0.344 e. The van der Waals surface area contributed by atoms with Crippen LogP contribution in [0.15, 0.2) is 22.7 Å². The minimum atomic E-state index is -4.63. The molecule has 1 aromatic rings. The van der Waals surface area contributed by atoms with Gasteiger partial charge in [0.25, 0.3) is 5.91 Å². The van der Waals surface area contributed by atoms with Crippen LogP contribution >= 0.6 is 39.1 Å². The van der Waals surface area contributed by atoms with Crippen LogP contribution in [0.2, 0.25) is 0 Å². The lowest BCUT2D eigenvalue weighted by molar-refractivity contribution is -0.138. The van der Waals surface area contributed by atoms with E-state index in [0.717, 1.165) is 12.1 Å². The van der Waals surface area contributed by atoms with Crippen LogP contribution < -0.4 is 5.32 Å². The standard InChI is InChI=1S/C13H13BrCl2F3NO/c1-2-12(6-15,7-16)20-11(21)9-4-3-8(14)5-10(9)13(17,18)19/h3-5H,2,6-7H2,1H3,(H,20,21). The normalized spacial score (nSPS) is 12.3. The number of hydrogen-bond acceptors (Lipinski definition) is 1. The zero-order valence-corrected chi connectivity index (χ0v) is 14.1. The average Bonchev–Trinajstić information content (AvgIpc) is 2.43. The molecule has 0 heterocycles. The lowest BCUT2D eigenvalue weighted by Crippen LogP contribution is -2.51. The Bertz CT molecular complexity index is 510. The topological polar surface area (TPSA) is 29.1 Å². The molecule has 0 aromatic heterocycles. The van der Waals surface area contributed by atoms with Crippen LogP contribution in [-0.2, 0) is 6.18 Å². The summed E-state index contributed by atoms with van der Waals surface area (Å²) in [6.07, 6.45) is -4.23. The molecule has 0 unspecified atom stereocenters. The molecule has 0 saturated heterocycles. The fourth-order valence-corrected chi connectivity index (χ4v) is 2.80. The predicted octanol–water partition coefficient (Wildman–Crippen LogP) is 4.82. The summed E-state index contributed by atoms with van der Waals surface area (Å²) in [6, 6.07) is 3.36. The number of benzene rings is 1. The Balaban J connectivity index is 3.19. The van der Waals surface area contributed by atoms with E-state index in [2.05, 4.69) is 21.2 Å². The van der Waals surface area contributed by atoms with E-state index in [1.54, 1.807) is 6.92 Å². The van der Waals surface area contributed by atoms with Gasteiger partial charge in [0.05, 0.1) is 16.7 Å². The molecule has 0 atom stereocenters. The average molecular weight is 407 g/mol. The molecule has 118 valence electrons. The van der Waals surface area contributed by atoms with Gasteiger partial charge in [0, 0.05) is 16.2 Å². The van der Waals surface area contributed by atoms with Crippen LogP contribution in [-0.4, -0.2) is 23.2 Å². The van der Waals surface area contributed by atoms with Gasteiger partial charge >= 0.3 is 6.18 Å². The molecule has 0 spiro atoms. The quantitative estimate of drug-likeness (QED) is 0.697. The fourth-order valence-electron chi connectivity index (χ4n) is 1.64. The maximum atomic E-state index is 13.0. The van der Waals surface area contributed by atoms with E-state index in [9.17, 15) is 18.0 Å². The van der Waals surface area contributed by atoms with E-state index in [4.69, 9.17) is 23.2 Å². The van der Waals surface area contributed by atoms with Gasteiger partial charge in [0.2, 0.25) is 0 Å². The predicted molar refractivity (Wildman–Crippen MR) is 81.1 cm³/mol. The van der Waals surface area contributed by atoms with Crippen LogP contribution in [0.4, 0.5) is 13.2 Å². The highest BCUT2D eigenvalue weighted by molar-refractivity contribution is 9.10. The number of nitrogens with one attached hydrogen (secondary N) is 1. The van der Waals surface area contributed by atoms with E-state index in [0.29, 0.717) is 6.42 Å². The Morgan fingerprint density at radius 2 is 1.86 bits per heavy atom. The van der Waals surface area contributed by atoms with Gasteiger partial charge in [0.15, 0.2) is 0 Å². The Kier molecular flexibility index (Phi) is 6.37. The first kappa shape index (κ1) is 18.6. The van der Waals surface area contributed by atoms with Gasteiger partial charge in [-0.3, -0.25) is 4.79 Å². The third-order valence-corrected chi connectivity index (χ3v) is 4.62. The van der Waals surface area contributed by atoms with Gasteiger partial charge in [-0.15, -0.1) is 23.2 Å². The van der Waals surface area contributed by atoms with Gasteiger partial charge < -0.3 is 5.32 Å². The zero-order chi connectivity index (χ0) is 16.3. The van der Waals surface area contributed by atoms with E-state index < -0.39 is 28.7 Å². The molecule has 0 saturated carbocycles.